The zero-order valence-electron chi connectivity index (χ0n) is 13.3. The Bertz CT molecular complexity index is 642. The largest absolute Gasteiger partial charge is 0.460 e. The molecule has 6 nitrogen and oxygen atoms in total. The first-order chi connectivity index (χ1) is 11.3. The normalized spacial score (nSPS) is 18.2. The fraction of sp³-hybridized carbons (Fsp3) is 0.471. The molecule has 0 saturated carbocycles. The van der Waals surface area contributed by atoms with Gasteiger partial charge < -0.3 is 9.26 Å². The third-order valence-corrected chi connectivity index (χ3v) is 4.02. The zero-order chi connectivity index (χ0) is 16.1. The van der Waals surface area contributed by atoms with Crippen molar-refractivity contribution < 1.29 is 14.1 Å². The molecule has 1 aromatic carbocycles. The van der Waals surface area contributed by atoms with Gasteiger partial charge in [0.05, 0.1) is 6.54 Å². The fourth-order valence-electron chi connectivity index (χ4n) is 2.78. The van der Waals surface area contributed by atoms with Crippen molar-refractivity contribution in [3.05, 3.63) is 47.6 Å². The Hall–Kier alpha value is -2.21. The van der Waals surface area contributed by atoms with E-state index in [1.807, 2.05) is 37.3 Å². The van der Waals surface area contributed by atoms with Gasteiger partial charge in [-0.05, 0) is 24.9 Å². The van der Waals surface area contributed by atoms with E-state index in [1.54, 1.807) is 0 Å². The first-order valence-corrected chi connectivity index (χ1v) is 8.02. The summed E-state index contributed by atoms with van der Waals surface area (Å²) in [5.41, 5.74) is 0.995. The van der Waals surface area contributed by atoms with Crippen molar-refractivity contribution in [1.82, 2.24) is 15.0 Å². The standard InChI is InChI=1S/C17H21N3O3/c1-2-15-18-16(23-19-15)11-20-10-6-9-14(20)17(21)22-12-13-7-4-3-5-8-13/h3-5,7-8,14H,2,6,9-12H2,1H3/t14-/m0/s1. The summed E-state index contributed by atoms with van der Waals surface area (Å²) >= 11 is 0. The SMILES string of the molecule is CCc1noc(CN2CCC[C@H]2C(=O)OCc2ccccc2)n1. The minimum absolute atomic E-state index is 0.179. The molecular formula is C17H21N3O3. The number of carbonyl (C=O) groups is 1. The maximum Gasteiger partial charge on any atom is 0.323 e. The number of rotatable bonds is 6. The van der Waals surface area contributed by atoms with Gasteiger partial charge in [0, 0.05) is 6.42 Å². The van der Waals surface area contributed by atoms with Crippen molar-refractivity contribution in [2.24, 2.45) is 0 Å². The molecule has 0 N–H and O–H groups in total. The number of hydrogen-bond donors (Lipinski definition) is 0. The molecule has 0 spiro atoms. The molecule has 1 saturated heterocycles. The van der Waals surface area contributed by atoms with Crippen molar-refractivity contribution in [1.29, 1.82) is 0 Å². The average Bonchev–Trinajstić information content (AvgIpc) is 3.23. The summed E-state index contributed by atoms with van der Waals surface area (Å²) in [6.07, 6.45) is 2.52. The summed E-state index contributed by atoms with van der Waals surface area (Å²) in [6, 6.07) is 9.49. The van der Waals surface area contributed by atoms with E-state index in [9.17, 15) is 4.79 Å². The number of aromatic nitrogens is 2. The summed E-state index contributed by atoms with van der Waals surface area (Å²) < 4.78 is 10.7. The number of benzene rings is 1. The van der Waals surface area contributed by atoms with Crippen LogP contribution in [0, 0.1) is 0 Å². The average molecular weight is 315 g/mol. The van der Waals surface area contributed by atoms with Gasteiger partial charge in [-0.1, -0.05) is 42.4 Å². The van der Waals surface area contributed by atoms with Crippen LogP contribution in [0.1, 0.15) is 37.0 Å². The van der Waals surface area contributed by atoms with Crippen LogP contribution < -0.4 is 0 Å². The van der Waals surface area contributed by atoms with Gasteiger partial charge in [0.25, 0.3) is 0 Å². The maximum absolute atomic E-state index is 12.4. The highest BCUT2D eigenvalue weighted by atomic mass is 16.5. The predicted molar refractivity (Wildman–Crippen MR) is 83.3 cm³/mol. The molecule has 23 heavy (non-hydrogen) atoms. The molecule has 1 aliphatic heterocycles. The van der Waals surface area contributed by atoms with Crippen molar-refractivity contribution >= 4 is 5.97 Å². The molecule has 0 bridgehead atoms. The quantitative estimate of drug-likeness (QED) is 0.762. The lowest BCUT2D eigenvalue weighted by Gasteiger charge is -2.21. The maximum atomic E-state index is 12.4. The van der Waals surface area contributed by atoms with Gasteiger partial charge in [-0.2, -0.15) is 4.98 Å². The van der Waals surface area contributed by atoms with Crippen LogP contribution in [0.15, 0.2) is 34.9 Å². The molecule has 122 valence electrons. The second kappa shape index (κ2) is 7.37. The Morgan fingerprint density at radius 3 is 2.96 bits per heavy atom. The third kappa shape index (κ3) is 3.96. The first kappa shape index (κ1) is 15.7. The molecule has 1 atom stereocenters. The highest BCUT2D eigenvalue weighted by molar-refractivity contribution is 5.76. The van der Waals surface area contributed by atoms with Crippen LogP contribution >= 0.6 is 0 Å². The lowest BCUT2D eigenvalue weighted by Crippen LogP contribution is -2.36. The van der Waals surface area contributed by atoms with Crippen LogP contribution in [0.3, 0.4) is 0 Å². The van der Waals surface area contributed by atoms with Crippen LogP contribution in [-0.2, 0) is 29.1 Å². The van der Waals surface area contributed by atoms with Crippen molar-refractivity contribution in [3.8, 4) is 0 Å². The number of likely N-dealkylation sites (tertiary alicyclic amines) is 1. The highest BCUT2D eigenvalue weighted by Crippen LogP contribution is 2.21. The topological polar surface area (TPSA) is 68.5 Å². The highest BCUT2D eigenvalue weighted by Gasteiger charge is 2.33. The molecule has 0 radical (unpaired) electrons. The van der Waals surface area contributed by atoms with Crippen LogP contribution in [-0.4, -0.2) is 33.6 Å². The lowest BCUT2D eigenvalue weighted by atomic mass is 10.2. The number of carbonyl (C=O) groups excluding carboxylic acids is 1. The molecule has 1 aliphatic rings. The number of esters is 1. The first-order valence-electron chi connectivity index (χ1n) is 8.02. The van der Waals surface area contributed by atoms with E-state index in [0.29, 0.717) is 24.9 Å². The predicted octanol–water partition coefficient (Wildman–Crippen LogP) is 2.34. The second-order valence-electron chi connectivity index (χ2n) is 5.68. The van der Waals surface area contributed by atoms with Gasteiger partial charge >= 0.3 is 5.97 Å². The van der Waals surface area contributed by atoms with Crippen LogP contribution in [0.4, 0.5) is 0 Å². The number of ether oxygens (including phenoxy) is 1. The molecule has 1 aromatic heterocycles. The summed E-state index contributed by atoms with van der Waals surface area (Å²) in [6.45, 7) is 3.63. The molecule has 2 heterocycles. The summed E-state index contributed by atoms with van der Waals surface area (Å²) in [7, 11) is 0. The molecular weight excluding hydrogens is 294 g/mol. The minimum atomic E-state index is -0.226. The van der Waals surface area contributed by atoms with Crippen LogP contribution in [0.5, 0.6) is 0 Å². The van der Waals surface area contributed by atoms with Gasteiger partial charge in [0.15, 0.2) is 5.82 Å². The summed E-state index contributed by atoms with van der Waals surface area (Å²) in [5.74, 6) is 1.08. The van der Waals surface area contributed by atoms with Gasteiger partial charge in [0.2, 0.25) is 5.89 Å². The van der Waals surface area contributed by atoms with E-state index in [4.69, 9.17) is 9.26 Å². The second-order valence-corrected chi connectivity index (χ2v) is 5.68. The van der Waals surface area contributed by atoms with E-state index in [0.717, 1.165) is 31.4 Å². The van der Waals surface area contributed by atoms with Crippen molar-refractivity contribution in [2.75, 3.05) is 6.54 Å². The smallest absolute Gasteiger partial charge is 0.323 e. The van der Waals surface area contributed by atoms with Gasteiger partial charge in [0.1, 0.15) is 12.6 Å². The fourth-order valence-corrected chi connectivity index (χ4v) is 2.78. The number of nitrogens with zero attached hydrogens (tertiary/aromatic N) is 3. The molecule has 0 unspecified atom stereocenters. The molecule has 0 aliphatic carbocycles. The van der Waals surface area contributed by atoms with E-state index in [1.165, 1.54) is 0 Å². The van der Waals surface area contributed by atoms with E-state index in [-0.39, 0.29) is 12.0 Å². The Labute approximate surface area is 135 Å². The Morgan fingerprint density at radius 1 is 1.39 bits per heavy atom. The lowest BCUT2D eigenvalue weighted by molar-refractivity contribution is -0.150. The van der Waals surface area contributed by atoms with Crippen LogP contribution in [0.2, 0.25) is 0 Å². The van der Waals surface area contributed by atoms with Crippen LogP contribution in [0.25, 0.3) is 0 Å². The Morgan fingerprint density at radius 2 is 2.22 bits per heavy atom. The summed E-state index contributed by atoms with van der Waals surface area (Å²) in [5, 5.41) is 3.89. The van der Waals surface area contributed by atoms with Crippen molar-refractivity contribution in [3.63, 3.8) is 0 Å². The van der Waals surface area contributed by atoms with Crippen molar-refractivity contribution in [2.45, 2.75) is 45.4 Å². The number of aryl methyl sites for hydroxylation is 1. The Kier molecular flexibility index (Phi) is 5.02. The van der Waals surface area contributed by atoms with E-state index < -0.39 is 0 Å². The van der Waals surface area contributed by atoms with Gasteiger partial charge in [-0.15, -0.1) is 0 Å². The third-order valence-electron chi connectivity index (χ3n) is 4.02. The van der Waals surface area contributed by atoms with E-state index in [2.05, 4.69) is 15.0 Å². The van der Waals surface area contributed by atoms with E-state index >= 15 is 0 Å². The molecule has 3 rings (SSSR count). The van der Waals surface area contributed by atoms with Gasteiger partial charge in [-0.3, -0.25) is 9.69 Å². The minimum Gasteiger partial charge on any atom is -0.460 e. The monoisotopic (exact) mass is 315 g/mol. The molecule has 1 fully saturated rings. The summed E-state index contributed by atoms with van der Waals surface area (Å²) in [4.78, 5) is 18.7. The molecule has 6 heteroatoms. The molecule has 0 amide bonds. The van der Waals surface area contributed by atoms with Gasteiger partial charge in [-0.25, -0.2) is 0 Å². The zero-order valence-corrected chi connectivity index (χ0v) is 13.3. The molecule has 2 aromatic rings. The Balaban J connectivity index is 1.56. The number of hydrogen-bond acceptors (Lipinski definition) is 6.